The number of benzene rings is 5. The molecule has 5 aromatic carbocycles. The molecule has 0 saturated carbocycles. The highest BCUT2D eigenvalue weighted by Crippen LogP contribution is 2.36. The minimum Gasteiger partial charge on any atom is -0.489 e. The van der Waals surface area contributed by atoms with E-state index in [2.05, 4.69) is 0 Å². The van der Waals surface area contributed by atoms with Gasteiger partial charge in [-0.25, -0.2) is 4.39 Å². The molecular weight excluding hydrogens is 585 g/mol. The van der Waals surface area contributed by atoms with Crippen LogP contribution in [0.25, 0.3) is 22.2 Å². The maximum Gasteiger partial charge on any atom is 0.296 e. The summed E-state index contributed by atoms with van der Waals surface area (Å²) in [5, 5.41) is 0.502. The Balaban J connectivity index is 1.23. The molecule has 5 nitrogen and oxygen atoms in total. The van der Waals surface area contributed by atoms with Crippen LogP contribution < -0.4 is 4.74 Å². The molecule has 0 atom stereocenters. The van der Waals surface area contributed by atoms with Crippen molar-refractivity contribution in [2.45, 2.75) is 38.3 Å². The lowest BCUT2D eigenvalue weighted by atomic mass is 10.0. The van der Waals surface area contributed by atoms with Crippen molar-refractivity contribution in [1.29, 1.82) is 0 Å². The molecule has 0 aliphatic rings. The lowest BCUT2D eigenvalue weighted by molar-refractivity contribution is 0.306. The van der Waals surface area contributed by atoms with Crippen molar-refractivity contribution in [1.82, 2.24) is 4.57 Å². The minimum absolute atomic E-state index is 0.0368. The monoisotopic (exact) mass is 619 g/mol. The molecule has 0 aliphatic heterocycles. The predicted octanol–water partition coefficient (Wildman–Crippen LogP) is 8.64. The normalized spacial score (nSPS) is 11.6. The van der Waals surface area contributed by atoms with Gasteiger partial charge in [0.05, 0.1) is 22.7 Å². The molecule has 0 spiro atoms. The second-order valence-corrected chi connectivity index (χ2v) is 12.8. The van der Waals surface area contributed by atoms with E-state index in [1.807, 2.05) is 109 Å². The summed E-state index contributed by atoms with van der Waals surface area (Å²) in [4.78, 5) is 0.147. The highest BCUT2D eigenvalue weighted by Gasteiger charge is 2.21. The third-order valence-corrected chi connectivity index (χ3v) is 9.25. The molecule has 228 valence electrons. The van der Waals surface area contributed by atoms with Gasteiger partial charge in [0.2, 0.25) is 0 Å². The van der Waals surface area contributed by atoms with Gasteiger partial charge in [-0.1, -0.05) is 96.6 Å². The van der Waals surface area contributed by atoms with E-state index in [9.17, 15) is 8.42 Å². The first-order chi connectivity index (χ1) is 21.8. The Morgan fingerprint density at radius 1 is 0.733 bits per heavy atom. The molecule has 1 heterocycles. The molecule has 45 heavy (non-hydrogen) atoms. The molecule has 0 saturated heterocycles. The number of fused-ring (bicyclic) bond motifs is 1. The fourth-order valence-electron chi connectivity index (χ4n) is 5.43. The average Bonchev–Trinajstić information content (AvgIpc) is 3.31. The molecule has 0 radical (unpaired) electrons. The molecule has 6 aromatic rings. The molecular formula is C38H34FNO4S. The summed E-state index contributed by atoms with van der Waals surface area (Å²) in [6.45, 7) is 4.77. The number of rotatable bonds is 11. The smallest absolute Gasteiger partial charge is 0.296 e. The van der Waals surface area contributed by atoms with Crippen molar-refractivity contribution in [3.63, 3.8) is 0 Å². The molecule has 1 aromatic heterocycles. The van der Waals surface area contributed by atoms with E-state index in [0.29, 0.717) is 36.4 Å². The van der Waals surface area contributed by atoms with Gasteiger partial charge < -0.3 is 9.30 Å². The van der Waals surface area contributed by atoms with Crippen molar-refractivity contribution < 1.29 is 21.7 Å². The summed E-state index contributed by atoms with van der Waals surface area (Å²) in [5.74, 6) is 0.322. The van der Waals surface area contributed by atoms with Crippen LogP contribution in [0.3, 0.4) is 0 Å². The maximum atomic E-state index is 16.3. The van der Waals surface area contributed by atoms with E-state index in [-0.39, 0.29) is 17.3 Å². The quantitative estimate of drug-likeness (QED) is 0.136. The summed E-state index contributed by atoms with van der Waals surface area (Å²) in [6, 6.07) is 37.8. The highest BCUT2D eigenvalue weighted by molar-refractivity contribution is 7.86. The van der Waals surface area contributed by atoms with Crippen LogP contribution in [0.15, 0.2) is 126 Å². The van der Waals surface area contributed by atoms with Crippen LogP contribution in [-0.2, 0) is 33.9 Å². The van der Waals surface area contributed by atoms with Crippen LogP contribution in [0.2, 0.25) is 0 Å². The van der Waals surface area contributed by atoms with Gasteiger partial charge in [0.1, 0.15) is 12.4 Å². The summed E-state index contributed by atoms with van der Waals surface area (Å²) in [6.07, 6.45) is 0.437. The Hall–Kier alpha value is -4.72. The fraction of sp³-hybridized carbons (Fsp3) is 0.158. The van der Waals surface area contributed by atoms with Gasteiger partial charge >= 0.3 is 0 Å². The second kappa shape index (κ2) is 13.1. The number of aryl methyl sites for hydroxylation is 2. The Labute approximate surface area is 263 Å². The number of ether oxygens (including phenoxy) is 1. The lowest BCUT2D eigenvalue weighted by Gasteiger charge is -2.14. The van der Waals surface area contributed by atoms with Crippen LogP contribution in [0.1, 0.15) is 27.8 Å². The molecule has 0 amide bonds. The third kappa shape index (κ3) is 6.85. The highest BCUT2D eigenvalue weighted by atomic mass is 32.2. The van der Waals surface area contributed by atoms with Gasteiger partial charge in [0.15, 0.2) is 5.82 Å². The molecule has 0 unspecified atom stereocenters. The number of halogens is 1. The SMILES string of the molecule is Cc1ccc(S(=O)(=O)OCCc2ccc(Cn3c(-c4ccccc4C)c(F)c4cc(OCc5ccccc5)ccc43)cc2)cc1. The molecule has 0 aliphatic carbocycles. The van der Waals surface area contributed by atoms with E-state index in [1.165, 1.54) is 0 Å². The lowest BCUT2D eigenvalue weighted by Crippen LogP contribution is -2.09. The van der Waals surface area contributed by atoms with Crippen LogP contribution >= 0.6 is 0 Å². The first-order valence-electron chi connectivity index (χ1n) is 14.9. The summed E-state index contributed by atoms with van der Waals surface area (Å²) >= 11 is 0. The largest absolute Gasteiger partial charge is 0.489 e. The Morgan fingerprint density at radius 3 is 2.16 bits per heavy atom. The summed E-state index contributed by atoms with van der Waals surface area (Å²) in [7, 11) is -3.82. The van der Waals surface area contributed by atoms with Crippen molar-refractivity contribution in [3.8, 4) is 17.0 Å². The number of aromatic nitrogens is 1. The number of hydrogen-bond donors (Lipinski definition) is 0. The van der Waals surface area contributed by atoms with Crippen LogP contribution in [-0.4, -0.2) is 19.6 Å². The zero-order valence-corrected chi connectivity index (χ0v) is 26.1. The topological polar surface area (TPSA) is 57.5 Å². The van der Waals surface area contributed by atoms with Gasteiger partial charge in [-0.05, 0) is 72.9 Å². The first kappa shape index (κ1) is 30.3. The third-order valence-electron chi connectivity index (χ3n) is 7.92. The van der Waals surface area contributed by atoms with Crippen LogP contribution in [0, 0.1) is 19.7 Å². The zero-order valence-electron chi connectivity index (χ0n) is 25.2. The first-order valence-corrected chi connectivity index (χ1v) is 16.3. The average molecular weight is 620 g/mol. The molecule has 6 rings (SSSR count). The summed E-state index contributed by atoms with van der Waals surface area (Å²) in [5.41, 5.74) is 7.08. The zero-order chi connectivity index (χ0) is 31.4. The van der Waals surface area contributed by atoms with E-state index in [1.54, 1.807) is 30.3 Å². The fourth-order valence-corrected chi connectivity index (χ4v) is 6.33. The molecule has 0 fully saturated rings. The Morgan fingerprint density at radius 2 is 1.42 bits per heavy atom. The van der Waals surface area contributed by atoms with E-state index in [0.717, 1.165) is 38.9 Å². The van der Waals surface area contributed by atoms with Gasteiger partial charge in [-0.3, -0.25) is 4.18 Å². The van der Waals surface area contributed by atoms with Crippen molar-refractivity contribution in [3.05, 3.63) is 155 Å². The standard InChI is InChI=1S/C38H34FNO4S/c1-27-12-19-33(20-13-27)45(41,42)44-23-22-29-14-16-30(17-15-29)25-40-36-21-18-32(43-26-31-9-4-3-5-10-31)24-35(36)37(39)38(40)34-11-7-6-8-28(34)2/h3-21,24H,22-23,25-26H2,1-2H3. The van der Waals surface area contributed by atoms with Gasteiger partial charge in [-0.2, -0.15) is 8.42 Å². The van der Waals surface area contributed by atoms with E-state index in [4.69, 9.17) is 8.92 Å². The van der Waals surface area contributed by atoms with E-state index < -0.39 is 10.1 Å². The predicted molar refractivity (Wildman–Crippen MR) is 176 cm³/mol. The molecule has 0 bridgehead atoms. The van der Waals surface area contributed by atoms with Crippen LogP contribution in [0.4, 0.5) is 4.39 Å². The van der Waals surface area contributed by atoms with Gasteiger partial charge in [0.25, 0.3) is 10.1 Å². The van der Waals surface area contributed by atoms with E-state index >= 15 is 4.39 Å². The minimum atomic E-state index is -3.82. The second-order valence-electron chi connectivity index (χ2n) is 11.2. The van der Waals surface area contributed by atoms with Crippen molar-refractivity contribution in [2.75, 3.05) is 6.61 Å². The summed E-state index contributed by atoms with van der Waals surface area (Å²) < 4.78 is 54.7. The number of nitrogens with zero attached hydrogens (tertiary/aromatic N) is 1. The number of hydrogen-bond acceptors (Lipinski definition) is 4. The molecule has 7 heteroatoms. The van der Waals surface area contributed by atoms with Gasteiger partial charge in [-0.15, -0.1) is 0 Å². The molecule has 0 N–H and O–H groups in total. The van der Waals surface area contributed by atoms with Crippen molar-refractivity contribution >= 4 is 21.0 Å². The Bertz CT molecular complexity index is 2030. The Kier molecular flexibility index (Phi) is 8.83. The van der Waals surface area contributed by atoms with Crippen molar-refractivity contribution in [2.24, 2.45) is 0 Å². The van der Waals surface area contributed by atoms with Crippen LogP contribution in [0.5, 0.6) is 5.75 Å². The maximum absolute atomic E-state index is 16.3. The van der Waals surface area contributed by atoms with Gasteiger partial charge in [0, 0.05) is 17.5 Å².